The molecule has 0 aliphatic rings. The Bertz CT molecular complexity index is 871. The van der Waals surface area contributed by atoms with Gasteiger partial charge in [-0.25, -0.2) is 9.37 Å². The Morgan fingerprint density at radius 2 is 2.00 bits per heavy atom. The summed E-state index contributed by atoms with van der Waals surface area (Å²) in [5.74, 6) is -0.574. The van der Waals surface area contributed by atoms with E-state index in [0.29, 0.717) is 22.6 Å². The average molecular weight is 362 g/mol. The van der Waals surface area contributed by atoms with Crippen LogP contribution in [0.15, 0.2) is 41.0 Å². The van der Waals surface area contributed by atoms with Crippen molar-refractivity contribution in [2.24, 2.45) is 0 Å². The first-order chi connectivity index (χ1) is 10.5. The molecule has 3 rings (SSSR count). The van der Waals surface area contributed by atoms with Crippen LogP contribution in [0.5, 0.6) is 0 Å². The molecule has 0 spiro atoms. The molecule has 0 bridgehead atoms. The van der Waals surface area contributed by atoms with Crippen LogP contribution in [0.4, 0.5) is 4.39 Å². The maximum atomic E-state index is 13.1. The third kappa shape index (κ3) is 2.39. The molecule has 3 aromatic rings. The van der Waals surface area contributed by atoms with Gasteiger partial charge in [0.2, 0.25) is 0 Å². The number of amides is 1. The normalized spacial score (nSPS) is 10.9. The van der Waals surface area contributed by atoms with Crippen molar-refractivity contribution in [3.63, 3.8) is 0 Å². The van der Waals surface area contributed by atoms with Crippen molar-refractivity contribution in [3.8, 4) is 11.3 Å². The highest BCUT2D eigenvalue weighted by Crippen LogP contribution is 2.27. The zero-order chi connectivity index (χ0) is 15.9. The fourth-order valence-corrected chi connectivity index (χ4v) is 2.62. The van der Waals surface area contributed by atoms with Gasteiger partial charge in [0, 0.05) is 23.3 Å². The maximum Gasteiger partial charge on any atom is 0.270 e. The molecule has 6 heteroatoms. The highest BCUT2D eigenvalue weighted by Gasteiger charge is 2.20. The van der Waals surface area contributed by atoms with Crippen LogP contribution in [0.25, 0.3) is 16.9 Å². The van der Waals surface area contributed by atoms with E-state index in [0.717, 1.165) is 10.0 Å². The molecular formula is C16H13BrFN3O. The Morgan fingerprint density at radius 1 is 1.32 bits per heavy atom. The third-order valence-electron chi connectivity index (χ3n) is 3.46. The van der Waals surface area contributed by atoms with Crippen molar-refractivity contribution in [1.29, 1.82) is 0 Å². The number of fused-ring (bicyclic) bond motifs is 1. The molecular weight excluding hydrogens is 349 g/mol. The second-order valence-electron chi connectivity index (χ2n) is 4.93. The molecule has 22 heavy (non-hydrogen) atoms. The molecule has 0 radical (unpaired) electrons. The molecule has 2 aromatic heterocycles. The molecule has 1 N–H and O–H groups in total. The Hall–Kier alpha value is -2.21. The number of rotatable bonds is 2. The predicted molar refractivity (Wildman–Crippen MR) is 86.4 cm³/mol. The first-order valence-corrected chi connectivity index (χ1v) is 7.47. The topological polar surface area (TPSA) is 46.4 Å². The summed E-state index contributed by atoms with van der Waals surface area (Å²) < 4.78 is 15.7. The second kappa shape index (κ2) is 5.53. The van der Waals surface area contributed by atoms with Crippen LogP contribution in [0.2, 0.25) is 0 Å². The monoisotopic (exact) mass is 361 g/mol. The van der Waals surface area contributed by atoms with E-state index in [4.69, 9.17) is 0 Å². The smallest absolute Gasteiger partial charge is 0.270 e. The first kappa shape index (κ1) is 14.7. The lowest BCUT2D eigenvalue weighted by Crippen LogP contribution is -2.20. The number of benzene rings is 1. The summed E-state index contributed by atoms with van der Waals surface area (Å²) in [7, 11) is 1.57. The molecule has 0 saturated carbocycles. The number of nitrogens with one attached hydrogen (secondary N) is 1. The predicted octanol–water partition coefficient (Wildman–Crippen LogP) is 3.57. The number of nitrogens with zero attached hydrogens (tertiary/aromatic N) is 2. The van der Waals surface area contributed by atoms with Gasteiger partial charge in [0.1, 0.15) is 22.9 Å². The largest absolute Gasteiger partial charge is 0.354 e. The SMILES string of the molecule is CNC(=O)c1c(-c2ccc(F)cc2)nc2cc(C)c(Br)cn12. The zero-order valence-electron chi connectivity index (χ0n) is 12.0. The maximum absolute atomic E-state index is 13.1. The first-order valence-electron chi connectivity index (χ1n) is 6.67. The van der Waals surface area contributed by atoms with Gasteiger partial charge in [0.15, 0.2) is 0 Å². The van der Waals surface area contributed by atoms with Gasteiger partial charge in [-0.1, -0.05) is 0 Å². The number of carbonyl (C=O) groups excluding carboxylic acids is 1. The molecule has 1 amide bonds. The second-order valence-corrected chi connectivity index (χ2v) is 5.78. The lowest BCUT2D eigenvalue weighted by molar-refractivity contribution is 0.0958. The lowest BCUT2D eigenvalue weighted by atomic mass is 10.1. The molecule has 1 aromatic carbocycles. The number of hydrogen-bond acceptors (Lipinski definition) is 2. The fourth-order valence-electron chi connectivity index (χ4n) is 2.30. The number of aromatic nitrogens is 2. The van der Waals surface area contributed by atoms with Crippen LogP contribution in [0.1, 0.15) is 16.1 Å². The Balaban J connectivity index is 2.33. The van der Waals surface area contributed by atoms with E-state index in [1.807, 2.05) is 19.2 Å². The van der Waals surface area contributed by atoms with Crippen LogP contribution in [-0.2, 0) is 0 Å². The molecule has 0 aliphatic heterocycles. The van der Waals surface area contributed by atoms with Gasteiger partial charge in [-0.3, -0.25) is 9.20 Å². The van der Waals surface area contributed by atoms with Crippen molar-refractivity contribution in [1.82, 2.24) is 14.7 Å². The van der Waals surface area contributed by atoms with E-state index in [2.05, 4.69) is 26.2 Å². The van der Waals surface area contributed by atoms with Gasteiger partial charge in [-0.15, -0.1) is 0 Å². The van der Waals surface area contributed by atoms with Gasteiger partial charge in [-0.05, 0) is 58.7 Å². The summed E-state index contributed by atoms with van der Waals surface area (Å²) in [4.78, 5) is 16.8. The minimum atomic E-state index is -0.326. The van der Waals surface area contributed by atoms with E-state index in [1.54, 1.807) is 23.6 Å². The van der Waals surface area contributed by atoms with Gasteiger partial charge >= 0.3 is 0 Å². The molecule has 0 aliphatic carbocycles. The Labute approximate surface area is 135 Å². The van der Waals surface area contributed by atoms with E-state index in [1.165, 1.54) is 12.1 Å². The van der Waals surface area contributed by atoms with Crippen molar-refractivity contribution < 1.29 is 9.18 Å². The minimum Gasteiger partial charge on any atom is -0.354 e. The molecule has 0 atom stereocenters. The Kier molecular flexibility index (Phi) is 3.70. The molecule has 2 heterocycles. The van der Waals surface area contributed by atoms with Crippen LogP contribution >= 0.6 is 15.9 Å². The highest BCUT2D eigenvalue weighted by molar-refractivity contribution is 9.10. The van der Waals surface area contributed by atoms with Crippen LogP contribution in [0, 0.1) is 12.7 Å². The molecule has 0 fully saturated rings. The highest BCUT2D eigenvalue weighted by atomic mass is 79.9. The van der Waals surface area contributed by atoms with Crippen LogP contribution in [0.3, 0.4) is 0 Å². The number of imidazole rings is 1. The van der Waals surface area contributed by atoms with Crippen LogP contribution < -0.4 is 5.32 Å². The van der Waals surface area contributed by atoms with Gasteiger partial charge in [0.25, 0.3) is 5.91 Å². The Morgan fingerprint density at radius 3 is 2.64 bits per heavy atom. The summed E-state index contributed by atoms with van der Waals surface area (Å²) in [6, 6.07) is 7.84. The standard InChI is InChI=1S/C16H13BrFN3O/c1-9-7-13-20-14(10-3-5-11(18)6-4-10)15(16(22)19-2)21(13)8-12(9)17/h3-8H,1-2H3,(H,19,22). The molecule has 4 nitrogen and oxygen atoms in total. The number of carbonyl (C=O) groups is 1. The van der Waals surface area contributed by atoms with Gasteiger partial charge in [0.05, 0.1) is 0 Å². The van der Waals surface area contributed by atoms with E-state index in [9.17, 15) is 9.18 Å². The zero-order valence-corrected chi connectivity index (χ0v) is 13.6. The van der Waals surface area contributed by atoms with Crippen molar-refractivity contribution in [2.45, 2.75) is 6.92 Å². The summed E-state index contributed by atoms with van der Waals surface area (Å²) >= 11 is 3.47. The summed E-state index contributed by atoms with van der Waals surface area (Å²) in [5, 5.41) is 2.63. The summed E-state index contributed by atoms with van der Waals surface area (Å²) in [5.41, 5.74) is 3.32. The molecule has 0 saturated heterocycles. The van der Waals surface area contributed by atoms with E-state index < -0.39 is 0 Å². The quantitative estimate of drug-likeness (QED) is 0.758. The van der Waals surface area contributed by atoms with Crippen molar-refractivity contribution in [3.05, 3.63) is 58.1 Å². The fraction of sp³-hybridized carbons (Fsp3) is 0.125. The molecule has 0 unspecified atom stereocenters. The summed E-state index contributed by atoms with van der Waals surface area (Å²) in [6.45, 7) is 1.95. The third-order valence-corrected chi connectivity index (χ3v) is 4.29. The number of pyridine rings is 1. The van der Waals surface area contributed by atoms with E-state index >= 15 is 0 Å². The summed E-state index contributed by atoms with van der Waals surface area (Å²) in [6.07, 6.45) is 1.81. The number of hydrogen-bond donors (Lipinski definition) is 1. The lowest BCUT2D eigenvalue weighted by Gasteiger charge is -2.05. The average Bonchev–Trinajstić information content (AvgIpc) is 2.86. The van der Waals surface area contributed by atoms with Crippen molar-refractivity contribution >= 4 is 27.5 Å². The minimum absolute atomic E-state index is 0.248. The molecule has 112 valence electrons. The van der Waals surface area contributed by atoms with Gasteiger partial charge < -0.3 is 5.32 Å². The van der Waals surface area contributed by atoms with Gasteiger partial charge in [-0.2, -0.15) is 0 Å². The van der Waals surface area contributed by atoms with Crippen molar-refractivity contribution in [2.75, 3.05) is 7.05 Å². The van der Waals surface area contributed by atoms with E-state index in [-0.39, 0.29) is 11.7 Å². The number of halogens is 2. The van der Waals surface area contributed by atoms with Crippen LogP contribution in [-0.4, -0.2) is 22.3 Å². The number of aryl methyl sites for hydroxylation is 1.